The van der Waals surface area contributed by atoms with Gasteiger partial charge in [-0.2, -0.15) is 0 Å². The number of imidazole rings is 1. The minimum absolute atomic E-state index is 0.0650. The molecule has 1 aromatic heterocycles. The number of carboxylic acids is 1. The Morgan fingerprint density at radius 1 is 1.19 bits per heavy atom. The highest BCUT2D eigenvalue weighted by molar-refractivity contribution is 5.93. The van der Waals surface area contributed by atoms with E-state index in [9.17, 15) is 29.4 Å². The Labute approximate surface area is 154 Å². The number of aliphatic hydroxyl groups excluding tert-OH is 1. The zero-order valence-corrected chi connectivity index (χ0v) is 14.9. The van der Waals surface area contributed by atoms with Gasteiger partial charge >= 0.3 is 5.97 Å². The van der Waals surface area contributed by atoms with Gasteiger partial charge in [0.2, 0.25) is 17.7 Å². The van der Waals surface area contributed by atoms with Crippen molar-refractivity contribution in [1.82, 2.24) is 25.9 Å². The molecule has 0 radical (unpaired) electrons. The number of carbonyl (C=O) groups is 4. The zero-order chi connectivity index (χ0) is 20.6. The number of rotatable bonds is 10. The number of H-pyrrole nitrogens is 1. The van der Waals surface area contributed by atoms with Crippen molar-refractivity contribution in [2.75, 3.05) is 6.54 Å². The van der Waals surface area contributed by atoms with E-state index >= 15 is 0 Å². The van der Waals surface area contributed by atoms with E-state index in [0.29, 0.717) is 5.69 Å². The highest BCUT2D eigenvalue weighted by Gasteiger charge is 2.31. The number of nitrogens with one attached hydrogen (secondary N) is 4. The molecule has 1 aromatic rings. The molecule has 4 unspecified atom stereocenters. The molecule has 4 atom stereocenters. The minimum Gasteiger partial charge on any atom is -0.480 e. The van der Waals surface area contributed by atoms with Crippen LogP contribution < -0.4 is 21.7 Å². The smallest absolute Gasteiger partial charge is 0.326 e. The van der Waals surface area contributed by atoms with Crippen LogP contribution in [0, 0.1) is 0 Å². The van der Waals surface area contributed by atoms with Crippen molar-refractivity contribution in [3.05, 3.63) is 18.2 Å². The number of hydrogen-bond acceptors (Lipinski definition) is 7. The lowest BCUT2D eigenvalue weighted by atomic mass is 10.1. The summed E-state index contributed by atoms with van der Waals surface area (Å²) in [6.07, 6.45) is 1.40. The van der Waals surface area contributed by atoms with E-state index in [0.717, 1.165) is 0 Å². The van der Waals surface area contributed by atoms with Gasteiger partial charge in [-0.1, -0.05) is 0 Å². The molecule has 1 heterocycles. The molecule has 1 rings (SSSR count). The molecule has 0 saturated heterocycles. The molecular formula is C15H24N6O6. The van der Waals surface area contributed by atoms with Gasteiger partial charge in [0.05, 0.1) is 19.0 Å². The molecule has 8 N–H and O–H groups in total. The maximum absolute atomic E-state index is 12.4. The van der Waals surface area contributed by atoms with Gasteiger partial charge in [0.25, 0.3) is 0 Å². The Morgan fingerprint density at radius 2 is 1.85 bits per heavy atom. The second kappa shape index (κ2) is 10.2. The number of amides is 3. The highest BCUT2D eigenvalue weighted by atomic mass is 16.4. The predicted octanol–water partition coefficient (Wildman–Crippen LogP) is -3.15. The normalized spacial score (nSPS) is 15.1. The summed E-state index contributed by atoms with van der Waals surface area (Å²) < 4.78 is 0. The third-order valence-corrected chi connectivity index (χ3v) is 3.61. The lowest BCUT2D eigenvalue weighted by Gasteiger charge is -2.24. The SMILES string of the molecule is CC(NC(=O)CN)C(=O)NC(C(=O)NC(Cc1cnc[nH]1)C(=O)O)C(C)O. The van der Waals surface area contributed by atoms with Gasteiger partial charge in [0.15, 0.2) is 0 Å². The Kier molecular flexibility index (Phi) is 8.35. The number of nitrogens with two attached hydrogens (primary N) is 1. The number of aliphatic hydroxyl groups is 1. The first-order valence-corrected chi connectivity index (χ1v) is 8.14. The zero-order valence-electron chi connectivity index (χ0n) is 14.9. The molecule has 0 bridgehead atoms. The van der Waals surface area contributed by atoms with Crippen LogP contribution in [0.2, 0.25) is 0 Å². The fraction of sp³-hybridized carbons (Fsp3) is 0.533. The van der Waals surface area contributed by atoms with Crippen molar-refractivity contribution < 1.29 is 29.4 Å². The molecule has 0 spiro atoms. The first kappa shape index (κ1) is 22.1. The van der Waals surface area contributed by atoms with E-state index in [1.54, 1.807) is 0 Å². The van der Waals surface area contributed by atoms with Crippen LogP contribution in [-0.2, 0) is 25.6 Å². The van der Waals surface area contributed by atoms with Crippen molar-refractivity contribution >= 4 is 23.7 Å². The molecular weight excluding hydrogens is 360 g/mol. The van der Waals surface area contributed by atoms with E-state index in [4.69, 9.17) is 5.73 Å². The summed E-state index contributed by atoms with van der Waals surface area (Å²) >= 11 is 0. The fourth-order valence-electron chi connectivity index (χ4n) is 2.13. The monoisotopic (exact) mass is 384 g/mol. The Balaban J connectivity index is 2.77. The van der Waals surface area contributed by atoms with E-state index in [1.807, 2.05) is 0 Å². The fourth-order valence-corrected chi connectivity index (χ4v) is 2.13. The number of nitrogens with zero attached hydrogens (tertiary/aromatic N) is 1. The number of aromatic nitrogens is 2. The van der Waals surface area contributed by atoms with Crippen molar-refractivity contribution in [3.8, 4) is 0 Å². The molecule has 0 aliphatic heterocycles. The molecule has 0 aliphatic carbocycles. The maximum atomic E-state index is 12.4. The number of aliphatic carboxylic acids is 1. The van der Waals surface area contributed by atoms with Crippen LogP contribution in [-0.4, -0.2) is 74.6 Å². The molecule has 150 valence electrons. The van der Waals surface area contributed by atoms with E-state index in [-0.39, 0.29) is 13.0 Å². The lowest BCUT2D eigenvalue weighted by Crippen LogP contribution is -2.59. The maximum Gasteiger partial charge on any atom is 0.326 e. The predicted molar refractivity (Wildman–Crippen MR) is 92.1 cm³/mol. The van der Waals surface area contributed by atoms with E-state index in [1.165, 1.54) is 26.4 Å². The summed E-state index contributed by atoms with van der Waals surface area (Å²) in [6, 6.07) is -3.72. The molecule has 0 aromatic carbocycles. The van der Waals surface area contributed by atoms with Crippen LogP contribution >= 0.6 is 0 Å². The Hall–Kier alpha value is -2.99. The second-order valence-electron chi connectivity index (χ2n) is 5.90. The standard InChI is InChI=1S/C15H24N6O6/c1-7(19-11(23)4-16)13(24)21-12(8(2)22)14(25)20-10(15(26)27)3-9-5-17-6-18-9/h5-8,10,12,22H,3-4,16H2,1-2H3,(H,17,18)(H,19,23)(H,20,25)(H,21,24)(H,26,27). The summed E-state index contributed by atoms with van der Waals surface area (Å²) in [7, 11) is 0. The summed E-state index contributed by atoms with van der Waals surface area (Å²) in [5.41, 5.74) is 5.63. The average molecular weight is 384 g/mol. The first-order valence-electron chi connectivity index (χ1n) is 8.14. The summed E-state index contributed by atoms with van der Waals surface area (Å²) in [6.45, 7) is 2.32. The second-order valence-corrected chi connectivity index (χ2v) is 5.90. The van der Waals surface area contributed by atoms with Crippen LogP contribution in [0.3, 0.4) is 0 Å². The Bertz CT molecular complexity index is 662. The third-order valence-electron chi connectivity index (χ3n) is 3.61. The van der Waals surface area contributed by atoms with Crippen molar-refractivity contribution in [2.24, 2.45) is 5.73 Å². The minimum atomic E-state index is -1.42. The van der Waals surface area contributed by atoms with Gasteiger partial charge in [-0.3, -0.25) is 14.4 Å². The van der Waals surface area contributed by atoms with Crippen LogP contribution in [0.1, 0.15) is 19.5 Å². The van der Waals surface area contributed by atoms with Gasteiger partial charge in [-0.25, -0.2) is 9.78 Å². The highest BCUT2D eigenvalue weighted by Crippen LogP contribution is 2.02. The van der Waals surface area contributed by atoms with Crippen molar-refractivity contribution in [1.29, 1.82) is 0 Å². The van der Waals surface area contributed by atoms with Crippen LogP contribution in [0.4, 0.5) is 0 Å². The molecule has 0 saturated carbocycles. The molecule has 12 heteroatoms. The average Bonchev–Trinajstić information content (AvgIpc) is 3.11. The number of hydrogen-bond donors (Lipinski definition) is 7. The topological polar surface area (TPSA) is 200 Å². The quantitative estimate of drug-likeness (QED) is 0.219. The molecule has 27 heavy (non-hydrogen) atoms. The van der Waals surface area contributed by atoms with Crippen molar-refractivity contribution in [3.63, 3.8) is 0 Å². The number of carboxylic acid groups (broad SMARTS) is 1. The largest absolute Gasteiger partial charge is 0.480 e. The number of aromatic amines is 1. The van der Waals surface area contributed by atoms with E-state index in [2.05, 4.69) is 25.9 Å². The molecule has 12 nitrogen and oxygen atoms in total. The molecule has 0 fully saturated rings. The van der Waals surface area contributed by atoms with Gasteiger partial charge in [0.1, 0.15) is 18.1 Å². The van der Waals surface area contributed by atoms with E-state index < -0.39 is 47.9 Å². The van der Waals surface area contributed by atoms with Crippen LogP contribution in [0.15, 0.2) is 12.5 Å². The van der Waals surface area contributed by atoms with Gasteiger partial charge in [-0.15, -0.1) is 0 Å². The van der Waals surface area contributed by atoms with Crippen molar-refractivity contribution in [2.45, 2.75) is 44.5 Å². The van der Waals surface area contributed by atoms with Gasteiger partial charge < -0.3 is 36.9 Å². The number of carbonyl (C=O) groups excluding carboxylic acids is 3. The van der Waals surface area contributed by atoms with Gasteiger partial charge in [0, 0.05) is 18.3 Å². The lowest BCUT2D eigenvalue weighted by molar-refractivity contribution is -0.143. The van der Waals surface area contributed by atoms with Crippen LogP contribution in [0.25, 0.3) is 0 Å². The third kappa shape index (κ3) is 7.03. The van der Waals surface area contributed by atoms with Crippen LogP contribution in [0.5, 0.6) is 0 Å². The molecule has 3 amide bonds. The Morgan fingerprint density at radius 3 is 2.33 bits per heavy atom. The molecule has 0 aliphatic rings. The summed E-state index contributed by atoms with van der Waals surface area (Å²) in [4.78, 5) is 53.6. The summed E-state index contributed by atoms with van der Waals surface area (Å²) in [5.74, 6) is -3.49. The van der Waals surface area contributed by atoms with Gasteiger partial charge in [-0.05, 0) is 13.8 Å². The summed E-state index contributed by atoms with van der Waals surface area (Å²) in [5, 5.41) is 25.9. The first-order chi connectivity index (χ1) is 12.6.